The Balaban J connectivity index is 1.74. The minimum absolute atomic E-state index is 0.203. The molecule has 2 heterocycles. The van der Waals surface area contributed by atoms with Crippen molar-refractivity contribution in [2.45, 2.75) is 38.8 Å². The Kier molecular flexibility index (Phi) is 5.35. The molecule has 1 aromatic heterocycles. The van der Waals surface area contributed by atoms with Gasteiger partial charge in [-0.3, -0.25) is 9.69 Å². The first-order chi connectivity index (χ1) is 12.5. The number of methoxy groups -OCH3 is 1. The second-order valence-corrected chi connectivity index (χ2v) is 6.31. The SMILES string of the molecule is CCOc1cccc2cc(C(C)NC(=O)C3CCCN3C(=O)OC)oc12. The van der Waals surface area contributed by atoms with Crippen molar-refractivity contribution in [1.29, 1.82) is 0 Å². The van der Waals surface area contributed by atoms with Gasteiger partial charge >= 0.3 is 6.09 Å². The molecular formula is C19H24N2O5. The van der Waals surface area contributed by atoms with Gasteiger partial charge in [-0.25, -0.2) is 4.79 Å². The molecule has 140 valence electrons. The minimum Gasteiger partial charge on any atom is -0.490 e. The third kappa shape index (κ3) is 3.47. The third-order valence-electron chi connectivity index (χ3n) is 4.58. The van der Waals surface area contributed by atoms with E-state index in [2.05, 4.69) is 5.32 Å². The van der Waals surface area contributed by atoms with E-state index in [0.717, 1.165) is 11.8 Å². The van der Waals surface area contributed by atoms with Gasteiger partial charge in [0.15, 0.2) is 11.3 Å². The van der Waals surface area contributed by atoms with Crippen LogP contribution in [0.3, 0.4) is 0 Å². The topological polar surface area (TPSA) is 81.0 Å². The smallest absolute Gasteiger partial charge is 0.410 e. The van der Waals surface area contributed by atoms with Crippen LogP contribution in [0, 0.1) is 0 Å². The maximum absolute atomic E-state index is 12.6. The first kappa shape index (κ1) is 18.1. The second-order valence-electron chi connectivity index (χ2n) is 6.31. The Morgan fingerprint density at radius 1 is 1.42 bits per heavy atom. The highest BCUT2D eigenvalue weighted by molar-refractivity contribution is 5.87. The van der Waals surface area contributed by atoms with Crippen LogP contribution in [0.25, 0.3) is 11.0 Å². The quantitative estimate of drug-likeness (QED) is 0.885. The van der Waals surface area contributed by atoms with E-state index in [-0.39, 0.29) is 11.9 Å². The molecule has 0 radical (unpaired) electrons. The van der Waals surface area contributed by atoms with Crippen LogP contribution < -0.4 is 10.1 Å². The van der Waals surface area contributed by atoms with Gasteiger partial charge < -0.3 is 19.2 Å². The predicted octanol–water partition coefficient (Wildman–Crippen LogP) is 3.24. The normalized spacial score (nSPS) is 18.0. The first-order valence-corrected chi connectivity index (χ1v) is 8.85. The number of ether oxygens (including phenoxy) is 2. The van der Waals surface area contributed by atoms with Crippen LogP contribution in [-0.2, 0) is 9.53 Å². The first-order valence-electron chi connectivity index (χ1n) is 8.85. The van der Waals surface area contributed by atoms with E-state index in [0.29, 0.717) is 36.7 Å². The summed E-state index contributed by atoms with van der Waals surface area (Å²) in [6.45, 7) is 4.85. The number of nitrogens with one attached hydrogen (secondary N) is 1. The molecule has 1 aliphatic rings. The Morgan fingerprint density at radius 3 is 2.96 bits per heavy atom. The van der Waals surface area contributed by atoms with Crippen molar-refractivity contribution in [3.63, 3.8) is 0 Å². The molecule has 2 aromatic rings. The Hall–Kier alpha value is -2.70. The summed E-state index contributed by atoms with van der Waals surface area (Å²) in [7, 11) is 1.32. The highest BCUT2D eigenvalue weighted by Crippen LogP contribution is 2.31. The van der Waals surface area contributed by atoms with E-state index < -0.39 is 12.1 Å². The molecule has 1 aliphatic heterocycles. The van der Waals surface area contributed by atoms with Crippen molar-refractivity contribution in [3.8, 4) is 5.75 Å². The van der Waals surface area contributed by atoms with Crippen molar-refractivity contribution in [2.24, 2.45) is 0 Å². The Labute approximate surface area is 152 Å². The van der Waals surface area contributed by atoms with Gasteiger partial charge in [-0.15, -0.1) is 0 Å². The van der Waals surface area contributed by atoms with Gasteiger partial charge in [0.2, 0.25) is 5.91 Å². The number of hydrogen-bond acceptors (Lipinski definition) is 5. The molecule has 26 heavy (non-hydrogen) atoms. The molecule has 0 aliphatic carbocycles. The molecule has 2 amide bonds. The number of carbonyl (C=O) groups is 2. The van der Waals surface area contributed by atoms with Crippen molar-refractivity contribution >= 4 is 23.0 Å². The maximum atomic E-state index is 12.6. The van der Waals surface area contributed by atoms with Gasteiger partial charge in [0.1, 0.15) is 11.8 Å². The number of para-hydroxylation sites is 1. The number of carbonyl (C=O) groups excluding carboxylic acids is 2. The fourth-order valence-corrected chi connectivity index (χ4v) is 3.29. The molecule has 7 heteroatoms. The van der Waals surface area contributed by atoms with Crippen LogP contribution in [0.2, 0.25) is 0 Å². The summed E-state index contributed by atoms with van der Waals surface area (Å²) in [6.07, 6.45) is 0.937. The summed E-state index contributed by atoms with van der Waals surface area (Å²) in [4.78, 5) is 25.9. The van der Waals surface area contributed by atoms with E-state index in [1.54, 1.807) is 0 Å². The summed E-state index contributed by atoms with van der Waals surface area (Å²) in [5.74, 6) is 1.12. The maximum Gasteiger partial charge on any atom is 0.410 e. The zero-order valence-electron chi connectivity index (χ0n) is 15.3. The highest BCUT2D eigenvalue weighted by Gasteiger charge is 2.35. The molecule has 1 fully saturated rings. The van der Waals surface area contributed by atoms with E-state index in [9.17, 15) is 9.59 Å². The number of likely N-dealkylation sites (tertiary alicyclic amines) is 1. The molecule has 2 atom stereocenters. The molecule has 1 saturated heterocycles. The average molecular weight is 360 g/mol. The van der Waals surface area contributed by atoms with E-state index in [1.165, 1.54) is 12.0 Å². The zero-order chi connectivity index (χ0) is 18.7. The van der Waals surface area contributed by atoms with E-state index >= 15 is 0 Å². The number of rotatable bonds is 5. The van der Waals surface area contributed by atoms with Crippen molar-refractivity contribution in [1.82, 2.24) is 10.2 Å². The summed E-state index contributed by atoms with van der Waals surface area (Å²) in [6, 6.07) is 6.76. The monoisotopic (exact) mass is 360 g/mol. The van der Waals surface area contributed by atoms with Crippen LogP contribution in [-0.4, -0.2) is 43.2 Å². The minimum atomic E-state index is -0.506. The van der Waals surface area contributed by atoms with Crippen LogP contribution in [0.1, 0.15) is 38.5 Å². The van der Waals surface area contributed by atoms with Gasteiger partial charge in [0.25, 0.3) is 0 Å². The predicted molar refractivity (Wildman–Crippen MR) is 96.1 cm³/mol. The molecule has 2 unspecified atom stereocenters. The van der Waals surface area contributed by atoms with Crippen LogP contribution in [0.4, 0.5) is 4.79 Å². The Morgan fingerprint density at radius 2 is 2.23 bits per heavy atom. The molecular weight excluding hydrogens is 336 g/mol. The zero-order valence-corrected chi connectivity index (χ0v) is 15.3. The van der Waals surface area contributed by atoms with Crippen molar-refractivity contribution in [3.05, 3.63) is 30.0 Å². The molecule has 7 nitrogen and oxygen atoms in total. The largest absolute Gasteiger partial charge is 0.490 e. The van der Waals surface area contributed by atoms with Crippen LogP contribution in [0.15, 0.2) is 28.7 Å². The second kappa shape index (κ2) is 7.68. The van der Waals surface area contributed by atoms with Gasteiger partial charge in [-0.2, -0.15) is 0 Å². The third-order valence-corrected chi connectivity index (χ3v) is 4.58. The Bertz CT molecular complexity index is 800. The van der Waals surface area contributed by atoms with E-state index in [1.807, 2.05) is 38.1 Å². The fourth-order valence-electron chi connectivity index (χ4n) is 3.29. The molecule has 3 rings (SSSR count). The van der Waals surface area contributed by atoms with Crippen LogP contribution >= 0.6 is 0 Å². The van der Waals surface area contributed by atoms with Gasteiger partial charge in [-0.1, -0.05) is 12.1 Å². The van der Waals surface area contributed by atoms with E-state index in [4.69, 9.17) is 13.9 Å². The number of fused-ring (bicyclic) bond motifs is 1. The number of hydrogen-bond donors (Lipinski definition) is 1. The lowest BCUT2D eigenvalue weighted by molar-refractivity contribution is -0.125. The number of amides is 2. The van der Waals surface area contributed by atoms with Crippen molar-refractivity contribution < 1.29 is 23.5 Å². The highest BCUT2D eigenvalue weighted by atomic mass is 16.5. The van der Waals surface area contributed by atoms with Gasteiger partial charge in [-0.05, 0) is 38.8 Å². The lowest BCUT2D eigenvalue weighted by Gasteiger charge is -2.23. The molecule has 0 spiro atoms. The lowest BCUT2D eigenvalue weighted by atomic mass is 10.1. The summed E-state index contributed by atoms with van der Waals surface area (Å²) in [5.41, 5.74) is 0.669. The number of benzene rings is 1. The molecule has 1 aromatic carbocycles. The molecule has 0 bridgehead atoms. The number of furan rings is 1. The molecule has 0 saturated carbocycles. The molecule has 1 N–H and O–H groups in total. The lowest BCUT2D eigenvalue weighted by Crippen LogP contribution is -2.46. The fraction of sp³-hybridized carbons (Fsp3) is 0.474. The average Bonchev–Trinajstić information content (AvgIpc) is 3.28. The van der Waals surface area contributed by atoms with Crippen molar-refractivity contribution in [2.75, 3.05) is 20.3 Å². The van der Waals surface area contributed by atoms with Gasteiger partial charge in [0, 0.05) is 11.9 Å². The number of nitrogens with zero attached hydrogens (tertiary/aromatic N) is 1. The standard InChI is InChI=1S/C19H24N2O5/c1-4-25-15-9-5-7-13-11-16(26-17(13)15)12(2)20-18(22)14-8-6-10-21(14)19(23)24-3/h5,7,9,11-12,14H,4,6,8,10H2,1-3H3,(H,20,22). The summed E-state index contributed by atoms with van der Waals surface area (Å²) in [5, 5.41) is 3.86. The summed E-state index contributed by atoms with van der Waals surface area (Å²) >= 11 is 0. The summed E-state index contributed by atoms with van der Waals surface area (Å²) < 4.78 is 16.3. The van der Waals surface area contributed by atoms with Gasteiger partial charge in [0.05, 0.1) is 19.8 Å². The van der Waals surface area contributed by atoms with Crippen LogP contribution in [0.5, 0.6) is 5.75 Å².